The lowest BCUT2D eigenvalue weighted by Crippen LogP contribution is -2.40. The highest BCUT2D eigenvalue weighted by Crippen LogP contribution is 2.46. The molecule has 0 aliphatic carbocycles. The van der Waals surface area contributed by atoms with Crippen molar-refractivity contribution in [2.45, 2.75) is 17.4 Å². The number of aliphatic hydroxyl groups is 1. The lowest BCUT2D eigenvalue weighted by molar-refractivity contribution is 0.155. The summed E-state index contributed by atoms with van der Waals surface area (Å²) in [7, 11) is 1.59. The van der Waals surface area contributed by atoms with Crippen LogP contribution in [0.3, 0.4) is 0 Å². The van der Waals surface area contributed by atoms with Crippen LogP contribution in [-0.2, 0) is 5.60 Å². The first-order chi connectivity index (χ1) is 11.0. The molecule has 1 heterocycles. The highest BCUT2D eigenvalue weighted by Gasteiger charge is 2.44. The van der Waals surface area contributed by atoms with E-state index in [1.165, 1.54) is 0 Å². The van der Waals surface area contributed by atoms with Crippen molar-refractivity contribution in [3.05, 3.63) is 52.5 Å². The zero-order valence-corrected chi connectivity index (χ0v) is 14.4. The average molecular weight is 349 g/mol. The lowest BCUT2D eigenvalue weighted by Gasteiger charge is -2.27. The van der Waals surface area contributed by atoms with Gasteiger partial charge in [0.05, 0.1) is 12.8 Å². The Labute approximate surface area is 144 Å². The number of amidine groups is 1. The van der Waals surface area contributed by atoms with Gasteiger partial charge in [0.1, 0.15) is 11.6 Å². The Morgan fingerprint density at radius 1 is 1.26 bits per heavy atom. The molecule has 2 aromatic rings. The van der Waals surface area contributed by atoms with E-state index < -0.39 is 5.60 Å². The molecule has 0 saturated carbocycles. The number of aliphatic imine (C=N–C) groups is 1. The number of rotatable bonds is 4. The van der Waals surface area contributed by atoms with E-state index in [0.29, 0.717) is 27.6 Å². The van der Waals surface area contributed by atoms with Crippen LogP contribution in [0.25, 0.3) is 0 Å². The number of halogens is 1. The molecule has 0 spiro atoms. The molecular formula is C17H17ClN2O2S. The van der Waals surface area contributed by atoms with Crippen molar-refractivity contribution in [3.63, 3.8) is 0 Å². The Morgan fingerprint density at radius 2 is 2.04 bits per heavy atom. The molecule has 1 aliphatic heterocycles. The Bertz CT molecular complexity index is 794. The SMILES string of the molecule is CCSc1ccc(OC)cc1C1(O)C(N)=Nc2ccc(Cl)cc21. The van der Waals surface area contributed by atoms with Crippen LogP contribution in [0.2, 0.25) is 5.02 Å². The van der Waals surface area contributed by atoms with Crippen LogP contribution in [0.1, 0.15) is 18.1 Å². The maximum Gasteiger partial charge on any atom is 0.175 e. The molecule has 1 atom stereocenters. The minimum Gasteiger partial charge on any atom is -0.497 e. The molecule has 0 saturated heterocycles. The van der Waals surface area contributed by atoms with Gasteiger partial charge in [0.25, 0.3) is 0 Å². The van der Waals surface area contributed by atoms with Crippen molar-refractivity contribution in [1.82, 2.24) is 0 Å². The smallest absolute Gasteiger partial charge is 0.175 e. The number of hydrogen-bond donors (Lipinski definition) is 2. The molecule has 1 aliphatic rings. The highest BCUT2D eigenvalue weighted by atomic mass is 35.5. The van der Waals surface area contributed by atoms with Gasteiger partial charge in [-0.3, -0.25) is 0 Å². The van der Waals surface area contributed by atoms with E-state index in [-0.39, 0.29) is 5.84 Å². The van der Waals surface area contributed by atoms with Crippen molar-refractivity contribution in [2.24, 2.45) is 10.7 Å². The number of nitrogens with two attached hydrogens (primary N) is 1. The second-order valence-corrected chi connectivity index (χ2v) is 6.91. The van der Waals surface area contributed by atoms with Crippen LogP contribution in [0, 0.1) is 0 Å². The molecule has 2 aromatic carbocycles. The Balaban J connectivity index is 2.25. The van der Waals surface area contributed by atoms with Crippen molar-refractivity contribution < 1.29 is 9.84 Å². The first-order valence-electron chi connectivity index (χ1n) is 7.19. The maximum atomic E-state index is 11.5. The fraction of sp³-hybridized carbons (Fsp3) is 0.235. The monoisotopic (exact) mass is 348 g/mol. The van der Waals surface area contributed by atoms with E-state index in [0.717, 1.165) is 10.6 Å². The number of nitrogens with zero attached hydrogens (tertiary/aromatic N) is 1. The summed E-state index contributed by atoms with van der Waals surface area (Å²) in [5.74, 6) is 1.66. The van der Waals surface area contributed by atoms with Crippen LogP contribution >= 0.6 is 23.4 Å². The summed E-state index contributed by atoms with van der Waals surface area (Å²) in [5, 5.41) is 12.0. The average Bonchev–Trinajstić information content (AvgIpc) is 2.80. The summed E-state index contributed by atoms with van der Waals surface area (Å²) < 4.78 is 5.31. The normalized spacial score (nSPS) is 19.4. The number of thioether (sulfide) groups is 1. The number of methoxy groups -OCH3 is 1. The fourth-order valence-electron chi connectivity index (χ4n) is 2.73. The van der Waals surface area contributed by atoms with Gasteiger partial charge in [0.15, 0.2) is 5.60 Å². The summed E-state index contributed by atoms with van der Waals surface area (Å²) in [6.45, 7) is 2.06. The minimum atomic E-state index is -1.51. The molecule has 6 heteroatoms. The summed E-state index contributed by atoms with van der Waals surface area (Å²) >= 11 is 7.74. The molecule has 3 rings (SSSR count). The van der Waals surface area contributed by atoms with E-state index >= 15 is 0 Å². The zero-order valence-electron chi connectivity index (χ0n) is 12.8. The molecule has 23 heavy (non-hydrogen) atoms. The van der Waals surface area contributed by atoms with Gasteiger partial charge in [-0.2, -0.15) is 0 Å². The van der Waals surface area contributed by atoms with E-state index in [1.807, 2.05) is 12.1 Å². The summed E-state index contributed by atoms with van der Waals surface area (Å²) in [6.07, 6.45) is 0. The maximum absolute atomic E-state index is 11.5. The largest absolute Gasteiger partial charge is 0.497 e. The zero-order chi connectivity index (χ0) is 16.6. The van der Waals surface area contributed by atoms with Gasteiger partial charge >= 0.3 is 0 Å². The fourth-order valence-corrected chi connectivity index (χ4v) is 3.74. The van der Waals surface area contributed by atoms with Gasteiger partial charge < -0.3 is 15.6 Å². The lowest BCUT2D eigenvalue weighted by atomic mass is 9.86. The number of ether oxygens (including phenoxy) is 1. The van der Waals surface area contributed by atoms with Crippen molar-refractivity contribution >= 4 is 34.9 Å². The molecule has 0 amide bonds. The first-order valence-corrected chi connectivity index (χ1v) is 8.55. The molecule has 1 unspecified atom stereocenters. The van der Waals surface area contributed by atoms with Crippen LogP contribution in [0.5, 0.6) is 5.75 Å². The quantitative estimate of drug-likeness (QED) is 0.827. The predicted octanol–water partition coefficient (Wildman–Crippen LogP) is 3.70. The van der Waals surface area contributed by atoms with Crippen molar-refractivity contribution in [1.29, 1.82) is 0 Å². The van der Waals surface area contributed by atoms with Crippen LogP contribution in [0.4, 0.5) is 5.69 Å². The summed E-state index contributed by atoms with van der Waals surface area (Å²) in [4.78, 5) is 5.25. The number of benzene rings is 2. The Kier molecular flexibility index (Phi) is 4.27. The third kappa shape index (κ3) is 2.59. The minimum absolute atomic E-state index is 0.140. The topological polar surface area (TPSA) is 67.8 Å². The third-order valence-corrected chi connectivity index (χ3v) is 5.03. The van der Waals surface area contributed by atoms with Crippen LogP contribution < -0.4 is 10.5 Å². The van der Waals surface area contributed by atoms with E-state index in [2.05, 4.69) is 11.9 Å². The summed E-state index contributed by atoms with van der Waals surface area (Å²) in [5.41, 5.74) is 6.48. The number of fused-ring (bicyclic) bond motifs is 1. The number of hydrogen-bond acceptors (Lipinski definition) is 5. The molecule has 3 N–H and O–H groups in total. The van der Waals surface area contributed by atoms with Gasteiger partial charge in [-0.15, -0.1) is 11.8 Å². The van der Waals surface area contributed by atoms with E-state index in [9.17, 15) is 5.11 Å². The second-order valence-electron chi connectivity index (χ2n) is 5.16. The van der Waals surface area contributed by atoms with Gasteiger partial charge in [0, 0.05) is 21.0 Å². The standard InChI is InChI=1S/C17H17ClN2O2S/c1-3-23-15-7-5-11(22-2)9-13(15)17(21)12-8-10(18)4-6-14(12)20-16(17)19/h4-9,21H,3H2,1-2H3,(H2,19,20). The van der Waals surface area contributed by atoms with Gasteiger partial charge in [-0.05, 0) is 42.2 Å². The third-order valence-electron chi connectivity index (χ3n) is 3.84. The Morgan fingerprint density at radius 3 is 2.74 bits per heavy atom. The van der Waals surface area contributed by atoms with Crippen molar-refractivity contribution in [2.75, 3.05) is 12.9 Å². The summed E-state index contributed by atoms with van der Waals surface area (Å²) in [6, 6.07) is 10.8. The van der Waals surface area contributed by atoms with Crippen molar-refractivity contribution in [3.8, 4) is 5.75 Å². The first kappa shape index (κ1) is 16.2. The van der Waals surface area contributed by atoms with E-state index in [1.54, 1.807) is 43.1 Å². The highest BCUT2D eigenvalue weighted by molar-refractivity contribution is 7.99. The van der Waals surface area contributed by atoms with Crippen LogP contribution in [-0.4, -0.2) is 23.8 Å². The second kappa shape index (κ2) is 6.07. The molecule has 0 bridgehead atoms. The van der Waals surface area contributed by atoms with E-state index in [4.69, 9.17) is 22.1 Å². The molecule has 0 radical (unpaired) electrons. The predicted molar refractivity (Wildman–Crippen MR) is 95.1 cm³/mol. The molecule has 0 fully saturated rings. The molecular weight excluding hydrogens is 332 g/mol. The molecule has 120 valence electrons. The Hall–Kier alpha value is -1.69. The molecule has 4 nitrogen and oxygen atoms in total. The van der Waals surface area contributed by atoms with Gasteiger partial charge in [-0.25, -0.2) is 4.99 Å². The molecule has 0 aromatic heterocycles. The van der Waals surface area contributed by atoms with Crippen LogP contribution in [0.15, 0.2) is 46.3 Å². The van der Waals surface area contributed by atoms with Gasteiger partial charge in [-0.1, -0.05) is 18.5 Å². The van der Waals surface area contributed by atoms with Gasteiger partial charge in [0.2, 0.25) is 0 Å².